The number of aromatic hydroxyl groups is 1. The number of aromatic nitrogens is 2. The Morgan fingerprint density at radius 2 is 1.85 bits per heavy atom. The zero-order valence-corrected chi connectivity index (χ0v) is 15.1. The van der Waals surface area contributed by atoms with Gasteiger partial charge >= 0.3 is 5.97 Å². The SMILES string of the molecule is CCCCC(=O)Oc1cc(-c2ccc(Cl)cc2)n(-c2ccc(O)cc2)n1. The molecule has 0 aliphatic carbocycles. The second kappa shape index (κ2) is 8.06. The van der Waals surface area contributed by atoms with Gasteiger partial charge in [0, 0.05) is 23.1 Å². The quantitative estimate of drug-likeness (QED) is 0.620. The molecule has 0 aliphatic rings. The van der Waals surface area contributed by atoms with Gasteiger partial charge in [0.1, 0.15) is 5.75 Å². The second-order valence-corrected chi connectivity index (χ2v) is 6.32. The minimum absolute atomic E-state index is 0.167. The minimum atomic E-state index is -0.301. The van der Waals surface area contributed by atoms with Crippen molar-refractivity contribution in [1.82, 2.24) is 9.78 Å². The van der Waals surface area contributed by atoms with Gasteiger partial charge < -0.3 is 9.84 Å². The van der Waals surface area contributed by atoms with Gasteiger partial charge in [-0.2, -0.15) is 0 Å². The van der Waals surface area contributed by atoms with Crippen molar-refractivity contribution in [3.63, 3.8) is 0 Å². The molecule has 134 valence electrons. The van der Waals surface area contributed by atoms with E-state index >= 15 is 0 Å². The lowest BCUT2D eigenvalue weighted by Crippen LogP contribution is -2.08. The predicted molar refractivity (Wildman–Crippen MR) is 101 cm³/mol. The van der Waals surface area contributed by atoms with Gasteiger partial charge in [-0.25, -0.2) is 4.68 Å². The monoisotopic (exact) mass is 370 g/mol. The summed E-state index contributed by atoms with van der Waals surface area (Å²) in [4.78, 5) is 11.9. The van der Waals surface area contributed by atoms with Crippen LogP contribution in [-0.2, 0) is 4.79 Å². The summed E-state index contributed by atoms with van der Waals surface area (Å²) in [6, 6.07) is 15.7. The van der Waals surface area contributed by atoms with E-state index in [4.69, 9.17) is 16.3 Å². The number of hydrogen-bond donors (Lipinski definition) is 1. The number of ether oxygens (including phenoxy) is 1. The molecule has 3 rings (SSSR count). The van der Waals surface area contributed by atoms with E-state index in [1.807, 2.05) is 19.1 Å². The topological polar surface area (TPSA) is 64.3 Å². The summed E-state index contributed by atoms with van der Waals surface area (Å²) in [5.41, 5.74) is 2.38. The Labute approximate surface area is 156 Å². The number of unbranched alkanes of at least 4 members (excludes halogenated alkanes) is 1. The van der Waals surface area contributed by atoms with Gasteiger partial charge in [-0.15, -0.1) is 5.10 Å². The molecule has 0 fully saturated rings. The number of phenols is 1. The van der Waals surface area contributed by atoms with E-state index in [1.54, 1.807) is 47.1 Å². The van der Waals surface area contributed by atoms with Crippen molar-refractivity contribution in [1.29, 1.82) is 0 Å². The van der Waals surface area contributed by atoms with E-state index in [0.29, 0.717) is 11.4 Å². The van der Waals surface area contributed by atoms with E-state index in [-0.39, 0.29) is 17.6 Å². The molecule has 1 heterocycles. The molecule has 0 atom stereocenters. The summed E-state index contributed by atoms with van der Waals surface area (Å²) >= 11 is 5.98. The van der Waals surface area contributed by atoms with Crippen LogP contribution in [0.5, 0.6) is 11.6 Å². The highest BCUT2D eigenvalue weighted by Crippen LogP contribution is 2.29. The largest absolute Gasteiger partial charge is 0.508 e. The average molecular weight is 371 g/mol. The molecule has 26 heavy (non-hydrogen) atoms. The standard InChI is InChI=1S/C20H19ClN2O3/c1-2-3-4-20(25)26-19-13-18(14-5-7-15(21)8-6-14)23(22-19)16-9-11-17(24)12-10-16/h5-13,24H,2-4H2,1H3. The Balaban J connectivity index is 1.98. The van der Waals surface area contributed by atoms with Crippen LogP contribution < -0.4 is 4.74 Å². The molecule has 2 aromatic carbocycles. The van der Waals surface area contributed by atoms with Crippen LogP contribution in [0, 0.1) is 0 Å². The Bertz CT molecular complexity index is 823. The first-order valence-corrected chi connectivity index (χ1v) is 8.80. The van der Waals surface area contributed by atoms with Gasteiger partial charge in [-0.05, 0) is 42.8 Å². The molecule has 0 amide bonds. The second-order valence-electron chi connectivity index (χ2n) is 5.88. The van der Waals surface area contributed by atoms with Crippen LogP contribution in [0.4, 0.5) is 0 Å². The molecule has 1 N–H and O–H groups in total. The lowest BCUT2D eigenvalue weighted by Gasteiger charge is -2.07. The minimum Gasteiger partial charge on any atom is -0.508 e. The first-order valence-electron chi connectivity index (χ1n) is 8.43. The van der Waals surface area contributed by atoms with Crippen molar-refractivity contribution in [3.8, 4) is 28.6 Å². The summed E-state index contributed by atoms with van der Waals surface area (Å²) in [6.07, 6.45) is 2.06. The maximum atomic E-state index is 11.9. The number of carbonyl (C=O) groups is 1. The fourth-order valence-corrected chi connectivity index (χ4v) is 2.64. The number of nitrogens with zero attached hydrogens (tertiary/aromatic N) is 2. The summed E-state index contributed by atoms with van der Waals surface area (Å²) < 4.78 is 7.05. The third-order valence-corrected chi connectivity index (χ3v) is 4.13. The summed E-state index contributed by atoms with van der Waals surface area (Å²) in [5, 5.41) is 14.6. The number of hydrogen-bond acceptors (Lipinski definition) is 4. The zero-order valence-electron chi connectivity index (χ0n) is 14.4. The van der Waals surface area contributed by atoms with Crippen molar-refractivity contribution in [2.45, 2.75) is 26.2 Å². The normalized spacial score (nSPS) is 10.7. The number of esters is 1. The van der Waals surface area contributed by atoms with Gasteiger partial charge in [0.2, 0.25) is 5.88 Å². The third kappa shape index (κ3) is 4.24. The fraction of sp³-hybridized carbons (Fsp3) is 0.200. The van der Waals surface area contributed by atoms with Gasteiger partial charge in [0.15, 0.2) is 0 Å². The van der Waals surface area contributed by atoms with E-state index < -0.39 is 0 Å². The van der Waals surface area contributed by atoms with E-state index in [2.05, 4.69) is 5.10 Å². The third-order valence-electron chi connectivity index (χ3n) is 3.87. The van der Waals surface area contributed by atoms with Crippen molar-refractivity contribution in [2.75, 3.05) is 0 Å². The molecule has 0 unspecified atom stereocenters. The number of rotatable bonds is 6. The predicted octanol–water partition coefficient (Wildman–Crippen LogP) is 4.99. The molecule has 0 bridgehead atoms. The van der Waals surface area contributed by atoms with Gasteiger partial charge in [-0.1, -0.05) is 37.1 Å². The first-order chi connectivity index (χ1) is 12.6. The van der Waals surface area contributed by atoms with Crippen LogP contribution in [0.2, 0.25) is 5.02 Å². The van der Waals surface area contributed by atoms with Crippen molar-refractivity contribution < 1.29 is 14.6 Å². The molecular formula is C20H19ClN2O3. The molecule has 5 nitrogen and oxygen atoms in total. The molecule has 0 saturated heterocycles. The Morgan fingerprint density at radius 3 is 2.50 bits per heavy atom. The first kappa shape index (κ1) is 18.0. The Morgan fingerprint density at radius 1 is 1.15 bits per heavy atom. The van der Waals surface area contributed by atoms with Crippen LogP contribution in [-0.4, -0.2) is 20.9 Å². The summed E-state index contributed by atoms with van der Waals surface area (Å²) in [6.45, 7) is 2.02. The van der Waals surface area contributed by atoms with Gasteiger partial charge in [0.25, 0.3) is 0 Å². The highest BCUT2D eigenvalue weighted by molar-refractivity contribution is 6.30. The van der Waals surface area contributed by atoms with Crippen LogP contribution in [0.1, 0.15) is 26.2 Å². The van der Waals surface area contributed by atoms with Crippen LogP contribution >= 0.6 is 11.6 Å². The number of carbonyl (C=O) groups excluding carboxylic acids is 1. The van der Waals surface area contributed by atoms with E-state index in [1.165, 1.54) is 0 Å². The van der Waals surface area contributed by atoms with E-state index in [9.17, 15) is 9.90 Å². The van der Waals surface area contributed by atoms with Crippen LogP contribution in [0.25, 0.3) is 16.9 Å². The van der Waals surface area contributed by atoms with Crippen LogP contribution in [0.3, 0.4) is 0 Å². The molecule has 6 heteroatoms. The Kier molecular flexibility index (Phi) is 5.58. The van der Waals surface area contributed by atoms with Crippen molar-refractivity contribution >= 4 is 17.6 Å². The fourth-order valence-electron chi connectivity index (χ4n) is 2.51. The molecule has 0 aliphatic heterocycles. The maximum absolute atomic E-state index is 11.9. The van der Waals surface area contributed by atoms with Crippen molar-refractivity contribution in [3.05, 3.63) is 59.6 Å². The van der Waals surface area contributed by atoms with Gasteiger partial charge in [-0.3, -0.25) is 4.79 Å². The molecule has 0 saturated carbocycles. The molecular weight excluding hydrogens is 352 g/mol. The average Bonchev–Trinajstić information content (AvgIpc) is 3.05. The number of phenolic OH excluding ortho intramolecular Hbond substituents is 1. The Hall–Kier alpha value is -2.79. The van der Waals surface area contributed by atoms with Gasteiger partial charge in [0.05, 0.1) is 11.4 Å². The van der Waals surface area contributed by atoms with E-state index in [0.717, 1.165) is 29.8 Å². The molecule has 0 radical (unpaired) electrons. The highest BCUT2D eigenvalue weighted by Gasteiger charge is 2.15. The number of benzene rings is 2. The molecule has 3 aromatic rings. The zero-order chi connectivity index (χ0) is 18.5. The van der Waals surface area contributed by atoms with Crippen molar-refractivity contribution in [2.24, 2.45) is 0 Å². The highest BCUT2D eigenvalue weighted by atomic mass is 35.5. The number of halogens is 1. The molecule has 0 spiro atoms. The lowest BCUT2D eigenvalue weighted by molar-refractivity contribution is -0.134. The van der Waals surface area contributed by atoms with Crippen LogP contribution in [0.15, 0.2) is 54.6 Å². The summed E-state index contributed by atoms with van der Waals surface area (Å²) in [5.74, 6) is 0.106. The molecule has 1 aromatic heterocycles. The lowest BCUT2D eigenvalue weighted by atomic mass is 10.1. The smallest absolute Gasteiger partial charge is 0.312 e. The summed E-state index contributed by atoms with van der Waals surface area (Å²) in [7, 11) is 0. The maximum Gasteiger partial charge on any atom is 0.312 e.